The molecule has 28 heavy (non-hydrogen) atoms. The first kappa shape index (κ1) is 30.5. The average molecular weight is 440 g/mol. The maximum atomic E-state index is 5.77. The van der Waals surface area contributed by atoms with Crippen LogP contribution in [0.2, 0.25) is 0 Å². The predicted octanol–water partition coefficient (Wildman–Crippen LogP) is 2.96. The summed E-state index contributed by atoms with van der Waals surface area (Å²) in [7, 11) is 7.17. The molecule has 0 radical (unpaired) electrons. The average Bonchev–Trinajstić information content (AvgIpc) is 2.66. The number of unbranched alkanes of at least 4 members (excludes halogenated alkanes) is 11. The Labute approximate surface area is 184 Å². The largest absolute Gasteiger partial charge is 1.00 e. The Morgan fingerprint density at radius 2 is 1.00 bits per heavy atom. The van der Waals surface area contributed by atoms with Crippen molar-refractivity contribution in [2.24, 2.45) is 0 Å². The van der Waals surface area contributed by atoms with E-state index in [1.54, 1.807) is 21.3 Å². The smallest absolute Gasteiger partial charge is 0.561 e. The summed E-state index contributed by atoms with van der Waals surface area (Å²) in [5.74, 6) is 0. The van der Waals surface area contributed by atoms with Crippen molar-refractivity contribution in [1.82, 2.24) is 0 Å². The molecule has 6 heteroatoms. The van der Waals surface area contributed by atoms with Gasteiger partial charge in [-0.3, -0.25) is 0 Å². The van der Waals surface area contributed by atoms with E-state index in [1.165, 1.54) is 77.0 Å². The number of hydrogen-bond donors (Lipinski definition) is 0. The summed E-state index contributed by atoms with van der Waals surface area (Å²) in [5.41, 5.74) is 0.283. The van der Waals surface area contributed by atoms with Crippen LogP contribution in [0.1, 0.15) is 97.3 Å². The fourth-order valence-electron chi connectivity index (χ4n) is 4.35. The molecule has 0 amide bonds. The van der Waals surface area contributed by atoms with Gasteiger partial charge in [0.2, 0.25) is 0 Å². The lowest BCUT2D eigenvalue weighted by atomic mass is 10.1. The lowest BCUT2D eigenvalue weighted by Gasteiger charge is -2.43. The van der Waals surface area contributed by atoms with Gasteiger partial charge >= 0.3 is 8.80 Å². The van der Waals surface area contributed by atoms with Crippen molar-refractivity contribution < 1.29 is 30.2 Å². The molecule has 0 heterocycles. The summed E-state index contributed by atoms with van der Waals surface area (Å²) < 4.78 is 18.2. The quantitative estimate of drug-likeness (QED) is 0.176. The summed E-state index contributed by atoms with van der Waals surface area (Å²) in [6.45, 7) is 5.65. The van der Waals surface area contributed by atoms with Crippen LogP contribution in [-0.2, 0) is 13.3 Å². The summed E-state index contributed by atoms with van der Waals surface area (Å²) in [4.78, 5) is 0. The van der Waals surface area contributed by atoms with Gasteiger partial charge in [0.25, 0.3) is 0 Å². The third-order valence-corrected chi connectivity index (χ3v) is 9.71. The second-order valence-corrected chi connectivity index (χ2v) is 11.6. The highest BCUT2D eigenvalue weighted by Gasteiger charge is 2.55. The first-order valence-electron chi connectivity index (χ1n) is 11.4. The van der Waals surface area contributed by atoms with E-state index in [2.05, 4.69) is 27.9 Å². The highest BCUT2D eigenvalue weighted by molar-refractivity contribution is 6.62. The highest BCUT2D eigenvalue weighted by Crippen LogP contribution is 2.25. The lowest BCUT2D eigenvalue weighted by Crippen LogP contribution is -3.00. The van der Waals surface area contributed by atoms with Gasteiger partial charge in [0.15, 0.2) is 5.67 Å². The third-order valence-electron chi connectivity index (χ3n) is 6.08. The molecule has 0 aromatic carbocycles. The monoisotopic (exact) mass is 439 g/mol. The van der Waals surface area contributed by atoms with Crippen LogP contribution in [0, 0.1) is 0 Å². The van der Waals surface area contributed by atoms with Gasteiger partial charge in [-0.15, -0.1) is 0 Å². The summed E-state index contributed by atoms with van der Waals surface area (Å²) in [5, 5.41) is 0. The van der Waals surface area contributed by atoms with Crippen molar-refractivity contribution in [2.75, 3.05) is 42.0 Å². The van der Waals surface area contributed by atoms with Crippen LogP contribution in [0.25, 0.3) is 0 Å². The lowest BCUT2D eigenvalue weighted by molar-refractivity contribution is -0.906. The number of quaternary nitrogens is 1. The topological polar surface area (TPSA) is 27.7 Å². The van der Waals surface area contributed by atoms with Gasteiger partial charge in [0.1, 0.15) is 0 Å². The van der Waals surface area contributed by atoms with Gasteiger partial charge in [-0.05, 0) is 12.8 Å². The van der Waals surface area contributed by atoms with Crippen LogP contribution in [0.5, 0.6) is 0 Å². The van der Waals surface area contributed by atoms with Gasteiger partial charge in [-0.2, -0.15) is 0 Å². The summed E-state index contributed by atoms with van der Waals surface area (Å²) in [6, 6.07) is 0. The van der Waals surface area contributed by atoms with E-state index < -0.39 is 8.80 Å². The van der Waals surface area contributed by atoms with Crippen molar-refractivity contribution in [3.8, 4) is 0 Å². The summed E-state index contributed by atoms with van der Waals surface area (Å²) >= 11 is 0. The standard InChI is InChI=1S/C22H50NO3Si.ClH/c1-8-10-11-12-13-14-15-16-17-18-19-20-21-23(3,4)22(9-2)27(24-5,25-6)26-7;/h22H,8-21H2,1-7H3;1H/q+1;/p-1. The van der Waals surface area contributed by atoms with Gasteiger partial charge in [-0.25, -0.2) is 0 Å². The van der Waals surface area contributed by atoms with Crippen LogP contribution < -0.4 is 12.4 Å². The van der Waals surface area contributed by atoms with E-state index in [0.717, 1.165) is 17.4 Å². The number of nitrogens with zero attached hydrogens (tertiary/aromatic N) is 1. The fraction of sp³-hybridized carbons (Fsp3) is 1.00. The minimum atomic E-state index is -2.61. The SMILES string of the molecule is CCCCCCCCCCCCCC[N+](C)(C)C(CC)[Si](OC)(OC)OC.[Cl-]. The first-order valence-corrected chi connectivity index (χ1v) is 13.2. The molecule has 0 spiro atoms. The highest BCUT2D eigenvalue weighted by atomic mass is 35.5. The van der Waals surface area contributed by atoms with E-state index in [0.29, 0.717) is 0 Å². The Kier molecular flexibility index (Phi) is 19.8. The van der Waals surface area contributed by atoms with Gasteiger partial charge in [0, 0.05) is 27.8 Å². The van der Waals surface area contributed by atoms with Gasteiger partial charge in [0.05, 0.1) is 20.6 Å². The second-order valence-electron chi connectivity index (χ2n) is 8.53. The van der Waals surface area contributed by atoms with Gasteiger partial charge < -0.3 is 30.2 Å². The third kappa shape index (κ3) is 11.5. The zero-order valence-corrected chi connectivity index (χ0v) is 21.8. The molecule has 0 aliphatic heterocycles. The Bertz CT molecular complexity index is 333. The van der Waals surface area contributed by atoms with Crippen LogP contribution >= 0.6 is 0 Å². The zero-order valence-electron chi connectivity index (χ0n) is 20.0. The normalized spacial score (nSPS) is 13.4. The van der Waals surface area contributed by atoms with Crippen LogP contribution in [0.3, 0.4) is 0 Å². The van der Waals surface area contributed by atoms with Crippen LogP contribution in [-0.4, -0.2) is 60.9 Å². The predicted molar refractivity (Wildman–Crippen MR) is 119 cm³/mol. The molecule has 0 saturated carbocycles. The molecule has 0 fully saturated rings. The molecule has 0 bridgehead atoms. The Morgan fingerprint density at radius 3 is 1.32 bits per heavy atom. The van der Waals surface area contributed by atoms with Crippen molar-refractivity contribution in [1.29, 1.82) is 0 Å². The second kappa shape index (κ2) is 18.1. The van der Waals surface area contributed by atoms with Gasteiger partial charge in [-0.1, -0.05) is 78.1 Å². The number of halogens is 1. The Balaban J connectivity index is 0. The van der Waals surface area contributed by atoms with E-state index in [1.807, 2.05) is 0 Å². The maximum Gasteiger partial charge on any atom is 0.561 e. The summed E-state index contributed by atoms with van der Waals surface area (Å²) in [6.07, 6.45) is 17.7. The van der Waals surface area contributed by atoms with E-state index in [9.17, 15) is 0 Å². The molecule has 4 nitrogen and oxygen atoms in total. The molecule has 0 N–H and O–H groups in total. The molecule has 0 aromatic rings. The minimum Gasteiger partial charge on any atom is -1.00 e. The molecular weight excluding hydrogens is 390 g/mol. The molecule has 0 rings (SSSR count). The maximum absolute atomic E-state index is 5.77. The molecule has 0 aliphatic carbocycles. The van der Waals surface area contributed by atoms with Crippen LogP contribution in [0.4, 0.5) is 0 Å². The molecular formula is C22H50ClNO3Si. The van der Waals surface area contributed by atoms with E-state index in [-0.39, 0.29) is 18.1 Å². The zero-order chi connectivity index (χ0) is 20.6. The number of hydrogen-bond acceptors (Lipinski definition) is 3. The van der Waals surface area contributed by atoms with Crippen LogP contribution in [0.15, 0.2) is 0 Å². The fourth-order valence-corrected chi connectivity index (χ4v) is 7.15. The Morgan fingerprint density at radius 1 is 0.643 bits per heavy atom. The van der Waals surface area contributed by atoms with Crippen molar-refractivity contribution in [2.45, 2.75) is 103 Å². The minimum absolute atomic E-state index is 0. The van der Waals surface area contributed by atoms with Crippen molar-refractivity contribution in [3.63, 3.8) is 0 Å². The first-order chi connectivity index (χ1) is 12.9. The molecule has 172 valence electrons. The van der Waals surface area contributed by atoms with E-state index in [4.69, 9.17) is 13.3 Å². The Hall–Kier alpha value is 0.347. The molecule has 0 aliphatic rings. The van der Waals surface area contributed by atoms with E-state index >= 15 is 0 Å². The molecule has 0 aromatic heterocycles. The molecule has 1 unspecified atom stereocenters. The molecule has 1 atom stereocenters. The van der Waals surface area contributed by atoms with Crippen molar-refractivity contribution >= 4 is 8.80 Å². The number of rotatable bonds is 19. The van der Waals surface area contributed by atoms with Crippen molar-refractivity contribution in [3.05, 3.63) is 0 Å². The molecule has 0 saturated heterocycles.